The zero-order valence-electron chi connectivity index (χ0n) is 12.7. The summed E-state index contributed by atoms with van der Waals surface area (Å²) in [6.45, 7) is 1.11. The van der Waals surface area contributed by atoms with Gasteiger partial charge in [-0.1, -0.05) is 41.9 Å². The molecule has 0 spiro atoms. The van der Waals surface area contributed by atoms with Gasteiger partial charge in [-0.05, 0) is 36.2 Å². The van der Waals surface area contributed by atoms with Crippen LogP contribution in [-0.4, -0.2) is 24.5 Å². The number of ether oxygens (including phenoxy) is 1. The van der Waals surface area contributed by atoms with Crippen LogP contribution in [-0.2, 0) is 11.3 Å². The number of rotatable bonds is 7. The molecule has 0 unspecified atom stereocenters. The summed E-state index contributed by atoms with van der Waals surface area (Å²) in [5.41, 5.74) is 1.03. The first kappa shape index (κ1) is 16.4. The maximum atomic E-state index is 12.1. The van der Waals surface area contributed by atoms with E-state index in [4.69, 9.17) is 16.3 Å². The van der Waals surface area contributed by atoms with Crippen molar-refractivity contribution >= 4 is 17.5 Å². The van der Waals surface area contributed by atoms with Crippen LogP contribution < -0.4 is 4.74 Å². The van der Waals surface area contributed by atoms with Crippen LogP contribution >= 0.6 is 11.6 Å². The number of para-hydroxylation sites is 1. The van der Waals surface area contributed by atoms with Gasteiger partial charge in [0.15, 0.2) is 0 Å². The fourth-order valence-electron chi connectivity index (χ4n) is 2.12. The molecule has 2 rings (SSSR count). The minimum absolute atomic E-state index is 0.108. The largest absolute Gasteiger partial charge is 0.494 e. The van der Waals surface area contributed by atoms with Crippen molar-refractivity contribution in [3.05, 3.63) is 65.2 Å². The van der Waals surface area contributed by atoms with Gasteiger partial charge >= 0.3 is 0 Å². The van der Waals surface area contributed by atoms with Crippen molar-refractivity contribution in [1.82, 2.24) is 4.90 Å². The molecule has 0 N–H and O–H groups in total. The fourth-order valence-corrected chi connectivity index (χ4v) is 2.33. The highest BCUT2D eigenvalue weighted by Crippen LogP contribution is 2.13. The molecule has 4 heteroatoms. The summed E-state index contributed by atoms with van der Waals surface area (Å²) in [7, 11) is 1.81. The van der Waals surface area contributed by atoms with Gasteiger partial charge in [0, 0.05) is 25.0 Å². The highest BCUT2D eigenvalue weighted by atomic mass is 35.5. The lowest BCUT2D eigenvalue weighted by atomic mass is 10.2. The minimum Gasteiger partial charge on any atom is -0.494 e. The van der Waals surface area contributed by atoms with E-state index < -0.39 is 0 Å². The molecular formula is C18H20ClNO2. The average molecular weight is 318 g/mol. The standard InChI is InChI=1S/C18H20ClNO2/c1-20(14-15-7-5-8-16(19)13-15)18(21)11-6-12-22-17-9-3-2-4-10-17/h2-5,7-10,13H,6,11-12,14H2,1H3. The second-order valence-electron chi connectivity index (χ2n) is 5.14. The van der Waals surface area contributed by atoms with Gasteiger partial charge in [0.2, 0.25) is 5.91 Å². The van der Waals surface area contributed by atoms with Crippen LogP contribution in [0.3, 0.4) is 0 Å². The maximum Gasteiger partial charge on any atom is 0.222 e. The van der Waals surface area contributed by atoms with E-state index in [-0.39, 0.29) is 5.91 Å². The Labute approximate surface area is 136 Å². The number of carbonyl (C=O) groups excluding carboxylic acids is 1. The van der Waals surface area contributed by atoms with Crippen LogP contribution in [0.4, 0.5) is 0 Å². The van der Waals surface area contributed by atoms with Gasteiger partial charge in [-0.25, -0.2) is 0 Å². The molecular weight excluding hydrogens is 298 g/mol. The molecule has 2 aromatic carbocycles. The highest BCUT2D eigenvalue weighted by molar-refractivity contribution is 6.30. The lowest BCUT2D eigenvalue weighted by Crippen LogP contribution is -2.26. The maximum absolute atomic E-state index is 12.1. The summed E-state index contributed by atoms with van der Waals surface area (Å²) in [4.78, 5) is 13.8. The molecule has 0 aliphatic rings. The minimum atomic E-state index is 0.108. The van der Waals surface area contributed by atoms with Crippen LogP contribution in [0.5, 0.6) is 5.75 Å². The van der Waals surface area contributed by atoms with Gasteiger partial charge in [0.25, 0.3) is 0 Å². The Kier molecular flexibility index (Phi) is 6.28. The molecule has 0 aliphatic heterocycles. The van der Waals surface area contributed by atoms with Crippen molar-refractivity contribution in [3.63, 3.8) is 0 Å². The average Bonchev–Trinajstić information content (AvgIpc) is 2.52. The van der Waals surface area contributed by atoms with Crippen molar-refractivity contribution in [1.29, 1.82) is 0 Å². The molecule has 0 saturated heterocycles. The highest BCUT2D eigenvalue weighted by Gasteiger charge is 2.09. The first-order valence-corrected chi connectivity index (χ1v) is 7.69. The molecule has 0 aromatic heterocycles. The van der Waals surface area contributed by atoms with E-state index in [9.17, 15) is 4.79 Å². The van der Waals surface area contributed by atoms with Crippen LogP contribution in [0.1, 0.15) is 18.4 Å². The summed E-state index contributed by atoms with van der Waals surface area (Å²) in [6, 6.07) is 17.2. The molecule has 1 amide bonds. The van der Waals surface area contributed by atoms with Gasteiger partial charge in [-0.2, -0.15) is 0 Å². The number of hydrogen-bond donors (Lipinski definition) is 0. The molecule has 0 aliphatic carbocycles. The number of nitrogens with zero attached hydrogens (tertiary/aromatic N) is 1. The normalized spacial score (nSPS) is 10.3. The smallest absolute Gasteiger partial charge is 0.222 e. The van der Waals surface area contributed by atoms with E-state index in [0.29, 0.717) is 31.0 Å². The summed E-state index contributed by atoms with van der Waals surface area (Å²) in [6.07, 6.45) is 1.18. The first-order chi connectivity index (χ1) is 10.6. The Morgan fingerprint density at radius 3 is 2.64 bits per heavy atom. The Morgan fingerprint density at radius 1 is 1.14 bits per heavy atom. The molecule has 0 fully saturated rings. The van der Waals surface area contributed by atoms with Crippen molar-refractivity contribution < 1.29 is 9.53 Å². The summed E-state index contributed by atoms with van der Waals surface area (Å²) in [5.74, 6) is 0.943. The quantitative estimate of drug-likeness (QED) is 0.718. The molecule has 22 heavy (non-hydrogen) atoms. The van der Waals surface area contributed by atoms with Gasteiger partial charge in [-0.15, -0.1) is 0 Å². The molecule has 0 saturated carbocycles. The zero-order chi connectivity index (χ0) is 15.8. The molecule has 2 aromatic rings. The molecule has 116 valence electrons. The Balaban J connectivity index is 1.70. The summed E-state index contributed by atoms with van der Waals surface area (Å²) >= 11 is 5.95. The van der Waals surface area contributed by atoms with Crippen LogP contribution in [0.2, 0.25) is 5.02 Å². The fraction of sp³-hybridized carbons (Fsp3) is 0.278. The molecule has 0 radical (unpaired) electrons. The predicted molar refractivity (Wildman–Crippen MR) is 89.1 cm³/mol. The predicted octanol–water partition coefficient (Wildman–Crippen LogP) is 4.16. The van der Waals surface area contributed by atoms with Crippen LogP contribution in [0.15, 0.2) is 54.6 Å². The first-order valence-electron chi connectivity index (χ1n) is 7.31. The topological polar surface area (TPSA) is 29.5 Å². The third-order valence-electron chi connectivity index (χ3n) is 3.28. The SMILES string of the molecule is CN(Cc1cccc(Cl)c1)C(=O)CCCOc1ccccc1. The van der Waals surface area contributed by atoms with E-state index in [1.165, 1.54) is 0 Å². The second kappa shape index (κ2) is 8.44. The number of amides is 1. The number of hydrogen-bond acceptors (Lipinski definition) is 2. The molecule has 0 atom stereocenters. The van der Waals surface area contributed by atoms with E-state index in [2.05, 4.69) is 0 Å². The molecule has 0 heterocycles. The van der Waals surface area contributed by atoms with E-state index in [1.54, 1.807) is 11.9 Å². The summed E-state index contributed by atoms with van der Waals surface area (Å²) in [5, 5.41) is 0.689. The second-order valence-corrected chi connectivity index (χ2v) is 5.58. The zero-order valence-corrected chi connectivity index (χ0v) is 13.4. The summed E-state index contributed by atoms with van der Waals surface area (Å²) < 4.78 is 5.58. The van der Waals surface area contributed by atoms with E-state index in [1.807, 2.05) is 54.6 Å². The number of benzene rings is 2. The van der Waals surface area contributed by atoms with Gasteiger partial charge in [0.05, 0.1) is 6.61 Å². The third-order valence-corrected chi connectivity index (χ3v) is 3.52. The monoisotopic (exact) mass is 317 g/mol. The van der Waals surface area contributed by atoms with Gasteiger partial charge in [-0.3, -0.25) is 4.79 Å². The molecule has 0 bridgehead atoms. The van der Waals surface area contributed by atoms with Crippen LogP contribution in [0.25, 0.3) is 0 Å². The Morgan fingerprint density at radius 2 is 1.91 bits per heavy atom. The lowest BCUT2D eigenvalue weighted by molar-refractivity contribution is -0.130. The molecule has 3 nitrogen and oxygen atoms in total. The van der Waals surface area contributed by atoms with Crippen molar-refractivity contribution in [2.45, 2.75) is 19.4 Å². The van der Waals surface area contributed by atoms with Crippen LogP contribution in [0, 0.1) is 0 Å². The number of carbonyl (C=O) groups is 1. The Hall–Kier alpha value is -2.00. The number of halogens is 1. The van der Waals surface area contributed by atoms with Gasteiger partial charge in [0.1, 0.15) is 5.75 Å². The van der Waals surface area contributed by atoms with Crippen molar-refractivity contribution in [2.75, 3.05) is 13.7 Å². The van der Waals surface area contributed by atoms with Gasteiger partial charge < -0.3 is 9.64 Å². The van der Waals surface area contributed by atoms with E-state index in [0.717, 1.165) is 11.3 Å². The Bertz CT molecular complexity index is 601. The van der Waals surface area contributed by atoms with Crippen molar-refractivity contribution in [3.8, 4) is 5.75 Å². The third kappa shape index (κ3) is 5.41. The van der Waals surface area contributed by atoms with E-state index >= 15 is 0 Å². The lowest BCUT2D eigenvalue weighted by Gasteiger charge is -2.17. The van der Waals surface area contributed by atoms with Crippen molar-refractivity contribution in [2.24, 2.45) is 0 Å².